The quantitative estimate of drug-likeness (QED) is 0.425. The minimum absolute atomic E-state index is 0.107. The molecule has 0 saturated heterocycles. The van der Waals surface area contributed by atoms with E-state index in [0.29, 0.717) is 48.2 Å². The molecule has 0 saturated carbocycles. The lowest BCUT2D eigenvalue weighted by atomic mass is 10.1. The summed E-state index contributed by atoms with van der Waals surface area (Å²) in [4.78, 5) is 12.3. The van der Waals surface area contributed by atoms with Gasteiger partial charge in [-0.3, -0.25) is 4.79 Å². The summed E-state index contributed by atoms with van der Waals surface area (Å²) in [6.07, 6.45) is -0.956. The van der Waals surface area contributed by atoms with E-state index >= 15 is 0 Å². The number of benzene rings is 2. The van der Waals surface area contributed by atoms with Crippen LogP contribution in [0.3, 0.4) is 0 Å². The molecule has 2 heterocycles. The first-order chi connectivity index (χ1) is 14.3. The van der Waals surface area contributed by atoms with Crippen LogP contribution in [0.1, 0.15) is 30.0 Å². The second-order valence-corrected chi connectivity index (χ2v) is 8.06. The number of aromatic nitrogens is 1. The Kier molecular flexibility index (Phi) is 5.68. The van der Waals surface area contributed by atoms with Crippen molar-refractivity contribution in [1.82, 2.24) is 10.2 Å². The Morgan fingerprint density at radius 3 is 2.10 bits per heavy atom. The molecule has 0 fully saturated rings. The van der Waals surface area contributed by atoms with E-state index in [9.17, 15) is 4.79 Å². The van der Waals surface area contributed by atoms with Crippen molar-refractivity contribution in [2.24, 2.45) is 5.10 Å². The van der Waals surface area contributed by atoms with Crippen molar-refractivity contribution in [2.45, 2.75) is 20.1 Å². The summed E-state index contributed by atoms with van der Waals surface area (Å²) in [5, 5.41) is 11.0. The third-order valence-electron chi connectivity index (χ3n) is 4.49. The standard InChI is InChI=1S/C20H13Cl4N3O3/c1-9-15(18(26-30-9)16-11(21)5-3-6-12(16)22)19-25-27(10(2)28)20(29-19)17-13(23)7-4-8-14(17)24/h3-8,20H,1-2H3. The van der Waals surface area contributed by atoms with Crippen LogP contribution in [0.2, 0.25) is 20.1 Å². The highest BCUT2D eigenvalue weighted by atomic mass is 35.5. The van der Waals surface area contributed by atoms with Gasteiger partial charge in [0.25, 0.3) is 0 Å². The highest BCUT2D eigenvalue weighted by molar-refractivity contribution is 6.39. The fraction of sp³-hybridized carbons (Fsp3) is 0.150. The lowest BCUT2D eigenvalue weighted by molar-refractivity contribution is -0.135. The van der Waals surface area contributed by atoms with Gasteiger partial charge in [0, 0.05) is 12.5 Å². The summed E-state index contributed by atoms with van der Waals surface area (Å²) in [5.74, 6) is 0.155. The average Bonchev–Trinajstić information content (AvgIpc) is 3.25. The largest absolute Gasteiger partial charge is 0.445 e. The van der Waals surface area contributed by atoms with Crippen LogP contribution in [-0.4, -0.2) is 22.0 Å². The fourth-order valence-corrected chi connectivity index (χ4v) is 4.28. The first-order valence-electron chi connectivity index (χ1n) is 8.69. The number of aryl methyl sites for hydroxylation is 1. The zero-order chi connectivity index (χ0) is 21.6. The number of hydrogen-bond acceptors (Lipinski definition) is 5. The molecule has 6 nitrogen and oxygen atoms in total. The summed E-state index contributed by atoms with van der Waals surface area (Å²) in [6, 6.07) is 10.1. The Balaban J connectivity index is 1.84. The van der Waals surface area contributed by atoms with E-state index < -0.39 is 6.23 Å². The highest BCUT2D eigenvalue weighted by Crippen LogP contribution is 2.42. The second-order valence-electron chi connectivity index (χ2n) is 6.43. The molecule has 30 heavy (non-hydrogen) atoms. The summed E-state index contributed by atoms with van der Waals surface area (Å²) < 4.78 is 11.4. The molecule has 1 aliphatic rings. The Morgan fingerprint density at radius 1 is 0.967 bits per heavy atom. The first-order valence-corrected chi connectivity index (χ1v) is 10.2. The van der Waals surface area contributed by atoms with Crippen molar-refractivity contribution in [2.75, 3.05) is 0 Å². The smallest absolute Gasteiger partial charge is 0.247 e. The molecule has 2 aromatic carbocycles. The van der Waals surface area contributed by atoms with Crippen LogP contribution in [0.15, 0.2) is 46.0 Å². The van der Waals surface area contributed by atoms with Crippen molar-refractivity contribution in [3.63, 3.8) is 0 Å². The number of rotatable bonds is 3. The van der Waals surface area contributed by atoms with E-state index in [1.807, 2.05) is 0 Å². The van der Waals surface area contributed by atoms with Gasteiger partial charge >= 0.3 is 0 Å². The monoisotopic (exact) mass is 483 g/mol. The first kappa shape index (κ1) is 21.0. The number of nitrogens with zero attached hydrogens (tertiary/aromatic N) is 3. The van der Waals surface area contributed by atoms with Gasteiger partial charge in [-0.2, -0.15) is 5.01 Å². The molecule has 1 aliphatic heterocycles. The number of carbonyl (C=O) groups is 1. The van der Waals surface area contributed by atoms with Crippen LogP contribution >= 0.6 is 46.4 Å². The molecule has 1 unspecified atom stereocenters. The number of carbonyl (C=O) groups excluding carboxylic acids is 1. The SMILES string of the molecule is CC(=O)N1N=C(c2c(-c3c(Cl)cccc3Cl)noc2C)OC1c1c(Cl)cccc1Cl. The Morgan fingerprint density at radius 2 is 1.53 bits per heavy atom. The number of hydrazone groups is 1. The van der Waals surface area contributed by atoms with Crippen LogP contribution < -0.4 is 0 Å². The minimum atomic E-state index is -0.956. The molecule has 154 valence electrons. The van der Waals surface area contributed by atoms with E-state index in [4.69, 9.17) is 55.7 Å². The average molecular weight is 485 g/mol. The van der Waals surface area contributed by atoms with Gasteiger partial charge < -0.3 is 9.26 Å². The van der Waals surface area contributed by atoms with Gasteiger partial charge in [0.2, 0.25) is 18.0 Å². The summed E-state index contributed by atoms with van der Waals surface area (Å²) in [6.45, 7) is 3.05. The zero-order valence-corrected chi connectivity index (χ0v) is 18.6. The maximum Gasteiger partial charge on any atom is 0.247 e. The number of ether oxygens (including phenoxy) is 1. The van der Waals surface area contributed by atoms with Crippen molar-refractivity contribution >= 4 is 58.2 Å². The zero-order valence-electron chi connectivity index (χ0n) is 15.6. The van der Waals surface area contributed by atoms with Gasteiger partial charge in [-0.1, -0.05) is 63.7 Å². The summed E-state index contributed by atoms with van der Waals surface area (Å²) >= 11 is 25.4. The molecule has 0 spiro atoms. The van der Waals surface area contributed by atoms with Gasteiger partial charge in [-0.15, -0.1) is 5.10 Å². The van der Waals surface area contributed by atoms with Crippen molar-refractivity contribution < 1.29 is 14.1 Å². The van der Waals surface area contributed by atoms with Crippen LogP contribution in [0, 0.1) is 6.92 Å². The molecule has 1 aromatic heterocycles. The minimum Gasteiger partial charge on any atom is -0.445 e. The third-order valence-corrected chi connectivity index (χ3v) is 5.78. The van der Waals surface area contributed by atoms with Crippen molar-refractivity contribution in [3.05, 3.63) is 73.4 Å². The number of hydrogen-bond donors (Lipinski definition) is 0. The van der Waals surface area contributed by atoms with Gasteiger partial charge in [0.05, 0.1) is 25.7 Å². The summed E-state index contributed by atoms with van der Waals surface area (Å²) in [5.41, 5.74) is 1.65. The molecule has 4 rings (SSSR count). The fourth-order valence-electron chi connectivity index (χ4n) is 3.12. The molecule has 3 aromatic rings. The maximum absolute atomic E-state index is 12.3. The number of amides is 1. The van der Waals surface area contributed by atoms with E-state index in [0.717, 1.165) is 5.01 Å². The van der Waals surface area contributed by atoms with Crippen molar-refractivity contribution in [3.8, 4) is 11.3 Å². The molecule has 1 atom stereocenters. The lowest BCUT2D eigenvalue weighted by Gasteiger charge is -2.21. The molecule has 0 N–H and O–H groups in total. The Bertz CT molecular complexity index is 1150. The van der Waals surface area contributed by atoms with Crippen LogP contribution in [0.4, 0.5) is 0 Å². The Hall–Kier alpha value is -2.25. The second kappa shape index (κ2) is 8.12. The predicted molar refractivity (Wildman–Crippen MR) is 116 cm³/mol. The highest BCUT2D eigenvalue weighted by Gasteiger charge is 2.38. The topological polar surface area (TPSA) is 67.9 Å². The molecular formula is C20H13Cl4N3O3. The third kappa shape index (κ3) is 3.54. The molecule has 1 amide bonds. The normalized spacial score (nSPS) is 15.9. The van der Waals surface area contributed by atoms with E-state index in [1.165, 1.54) is 6.92 Å². The van der Waals surface area contributed by atoms with E-state index in [1.54, 1.807) is 43.3 Å². The predicted octanol–water partition coefficient (Wildman–Crippen LogP) is 6.50. The van der Waals surface area contributed by atoms with Gasteiger partial charge in [0.15, 0.2) is 0 Å². The molecule has 10 heteroatoms. The van der Waals surface area contributed by atoms with Crippen LogP contribution in [0.5, 0.6) is 0 Å². The number of halogens is 4. The maximum atomic E-state index is 12.3. The van der Waals surface area contributed by atoms with E-state index in [-0.39, 0.29) is 11.8 Å². The molecule has 0 radical (unpaired) electrons. The lowest BCUT2D eigenvalue weighted by Crippen LogP contribution is -2.25. The van der Waals surface area contributed by atoms with Gasteiger partial charge in [-0.05, 0) is 31.2 Å². The summed E-state index contributed by atoms with van der Waals surface area (Å²) in [7, 11) is 0. The van der Waals surface area contributed by atoms with Crippen LogP contribution in [-0.2, 0) is 9.53 Å². The molecular weight excluding hydrogens is 472 g/mol. The van der Waals surface area contributed by atoms with Gasteiger partial charge in [0.1, 0.15) is 17.0 Å². The van der Waals surface area contributed by atoms with E-state index in [2.05, 4.69) is 10.3 Å². The van der Waals surface area contributed by atoms with Gasteiger partial charge in [-0.25, -0.2) is 0 Å². The van der Waals surface area contributed by atoms with Crippen molar-refractivity contribution in [1.29, 1.82) is 0 Å². The Labute approximate surface area is 191 Å². The molecule has 0 bridgehead atoms. The molecule has 0 aliphatic carbocycles. The van der Waals surface area contributed by atoms with Crippen LogP contribution in [0.25, 0.3) is 11.3 Å².